The summed E-state index contributed by atoms with van der Waals surface area (Å²) < 4.78 is 29.0. The van der Waals surface area contributed by atoms with Crippen LogP contribution in [0.1, 0.15) is 49.3 Å². The fourth-order valence-electron chi connectivity index (χ4n) is 3.67. The van der Waals surface area contributed by atoms with Gasteiger partial charge in [-0.3, -0.25) is 19.5 Å². The third-order valence-corrected chi connectivity index (χ3v) is 5.72. The van der Waals surface area contributed by atoms with Crippen molar-refractivity contribution in [3.63, 3.8) is 0 Å². The van der Waals surface area contributed by atoms with E-state index in [0.29, 0.717) is 11.7 Å². The van der Waals surface area contributed by atoms with Crippen LogP contribution in [0, 0.1) is 0 Å². The van der Waals surface area contributed by atoms with E-state index < -0.39 is 23.4 Å². The number of aromatic nitrogens is 3. The van der Waals surface area contributed by atoms with Gasteiger partial charge in [-0.15, -0.1) is 0 Å². The van der Waals surface area contributed by atoms with Crippen molar-refractivity contribution in [1.82, 2.24) is 19.9 Å². The topological polar surface area (TPSA) is 91.0 Å². The molecule has 1 saturated heterocycles. The van der Waals surface area contributed by atoms with Crippen molar-refractivity contribution in [2.45, 2.75) is 50.0 Å². The van der Waals surface area contributed by atoms with Crippen molar-refractivity contribution in [1.29, 1.82) is 0 Å². The fraction of sp³-hybridized carbons (Fsp3) is 0.500. The Bertz CT molecular complexity index is 922. The van der Waals surface area contributed by atoms with Gasteiger partial charge < -0.3 is 10.3 Å². The van der Waals surface area contributed by atoms with Crippen LogP contribution in [0.2, 0.25) is 0 Å². The lowest BCUT2D eigenvalue weighted by molar-refractivity contribution is -0.125. The molecule has 1 aliphatic carbocycles. The molecule has 154 valence electrons. The molecule has 2 atom stereocenters. The average molecular weight is 403 g/mol. The first-order valence-electron chi connectivity index (χ1n) is 9.77. The van der Waals surface area contributed by atoms with Crippen molar-refractivity contribution < 1.29 is 13.6 Å². The summed E-state index contributed by atoms with van der Waals surface area (Å²) in [6.45, 7) is 1.75. The molecule has 2 aromatic heterocycles. The van der Waals surface area contributed by atoms with E-state index in [2.05, 4.69) is 20.3 Å². The third-order valence-electron chi connectivity index (χ3n) is 5.72. The van der Waals surface area contributed by atoms with E-state index in [0.717, 1.165) is 6.20 Å². The van der Waals surface area contributed by atoms with Gasteiger partial charge in [0.05, 0.1) is 23.9 Å². The number of piperidine rings is 1. The molecule has 29 heavy (non-hydrogen) atoms. The minimum absolute atomic E-state index is 0.0331. The van der Waals surface area contributed by atoms with Gasteiger partial charge in [0.1, 0.15) is 5.82 Å². The van der Waals surface area contributed by atoms with Crippen LogP contribution in [0.5, 0.6) is 0 Å². The third kappa shape index (κ3) is 4.34. The first-order chi connectivity index (χ1) is 13.8. The quantitative estimate of drug-likeness (QED) is 0.801. The van der Waals surface area contributed by atoms with E-state index >= 15 is 0 Å². The molecule has 4 rings (SSSR count). The number of nitrogens with zero attached hydrogens (tertiary/aromatic N) is 3. The summed E-state index contributed by atoms with van der Waals surface area (Å²) in [5, 5.41) is 2.77. The van der Waals surface area contributed by atoms with Crippen molar-refractivity contribution in [2.75, 3.05) is 18.4 Å². The first-order valence-corrected chi connectivity index (χ1v) is 9.77. The van der Waals surface area contributed by atoms with Crippen LogP contribution in [0.25, 0.3) is 0 Å². The second-order valence-corrected chi connectivity index (χ2v) is 7.81. The summed E-state index contributed by atoms with van der Waals surface area (Å²) >= 11 is 0. The lowest BCUT2D eigenvalue weighted by Gasteiger charge is -2.40. The molecule has 1 amide bonds. The average Bonchev–Trinajstić information content (AvgIpc) is 3.54. The molecule has 3 heterocycles. The Labute approximate surface area is 166 Å². The lowest BCUT2D eigenvalue weighted by Crippen LogP contribution is -2.52. The number of carbonyl (C=O) groups excluding carboxylic acids is 1. The zero-order valence-electron chi connectivity index (χ0n) is 16.1. The maximum absolute atomic E-state index is 14.5. The number of pyridine rings is 1. The lowest BCUT2D eigenvalue weighted by atomic mass is 9.90. The summed E-state index contributed by atoms with van der Waals surface area (Å²) in [6.07, 6.45) is 5.96. The minimum Gasteiger partial charge on any atom is -0.326 e. The van der Waals surface area contributed by atoms with Crippen LogP contribution < -0.4 is 10.9 Å². The Kier molecular flexibility index (Phi) is 5.16. The number of anilines is 1. The molecule has 1 aliphatic heterocycles. The van der Waals surface area contributed by atoms with Gasteiger partial charge >= 0.3 is 0 Å². The smallest absolute Gasteiger partial charge is 0.266 e. The van der Waals surface area contributed by atoms with Crippen molar-refractivity contribution in [2.24, 2.45) is 0 Å². The van der Waals surface area contributed by atoms with E-state index in [-0.39, 0.29) is 31.1 Å². The molecule has 0 aromatic carbocycles. The molecule has 1 unspecified atom stereocenters. The number of aromatic amines is 1. The normalized spacial score (nSPS) is 22.8. The molecule has 2 N–H and O–H groups in total. The van der Waals surface area contributed by atoms with E-state index in [9.17, 15) is 18.4 Å². The number of nitrogens with one attached hydrogen (secondary N) is 2. The van der Waals surface area contributed by atoms with Crippen LogP contribution in [0.3, 0.4) is 0 Å². The Morgan fingerprint density at radius 2 is 2.10 bits per heavy atom. The number of hydrogen-bond donors (Lipinski definition) is 2. The van der Waals surface area contributed by atoms with Crippen LogP contribution in [0.4, 0.5) is 14.6 Å². The predicted octanol–water partition coefficient (Wildman–Crippen LogP) is 2.49. The van der Waals surface area contributed by atoms with Gasteiger partial charge in [0, 0.05) is 31.9 Å². The molecule has 2 aromatic rings. The van der Waals surface area contributed by atoms with Crippen LogP contribution in [-0.2, 0) is 4.79 Å². The second kappa shape index (κ2) is 7.62. The SMILES string of the molecule is CC(C(=O)Nc1ccc(C2CC2)cn1)N1CCC(F)(F)[C@@H](c2c[nH]c(=O)cn2)C1. The Balaban J connectivity index is 1.43. The summed E-state index contributed by atoms with van der Waals surface area (Å²) in [7, 11) is 0. The maximum Gasteiger partial charge on any atom is 0.266 e. The monoisotopic (exact) mass is 403 g/mol. The Hall–Kier alpha value is -2.68. The predicted molar refractivity (Wildman–Crippen MR) is 103 cm³/mol. The maximum atomic E-state index is 14.5. The highest BCUT2D eigenvalue weighted by Gasteiger charge is 2.47. The Morgan fingerprint density at radius 1 is 1.31 bits per heavy atom. The van der Waals surface area contributed by atoms with Crippen LogP contribution in [0.15, 0.2) is 35.5 Å². The van der Waals surface area contributed by atoms with Gasteiger partial charge in [-0.2, -0.15) is 0 Å². The number of likely N-dealkylation sites (tertiary alicyclic amines) is 1. The number of amides is 1. The summed E-state index contributed by atoms with van der Waals surface area (Å²) in [5.41, 5.74) is 0.840. The van der Waals surface area contributed by atoms with Gasteiger partial charge in [-0.1, -0.05) is 6.07 Å². The molecule has 1 saturated carbocycles. The molecule has 2 fully saturated rings. The van der Waals surface area contributed by atoms with E-state index in [1.807, 2.05) is 6.07 Å². The van der Waals surface area contributed by atoms with Gasteiger partial charge in [0.15, 0.2) is 0 Å². The summed E-state index contributed by atoms with van der Waals surface area (Å²) in [4.78, 5) is 36.1. The number of rotatable bonds is 5. The molecule has 0 bridgehead atoms. The van der Waals surface area contributed by atoms with E-state index in [4.69, 9.17) is 0 Å². The number of carbonyl (C=O) groups is 1. The molecule has 0 spiro atoms. The minimum atomic E-state index is -2.96. The summed E-state index contributed by atoms with van der Waals surface area (Å²) in [6, 6.07) is 3.13. The molecular weight excluding hydrogens is 380 g/mol. The standard InChI is InChI=1S/C20H23F2N5O2/c1-12(19(29)26-17-5-4-14(8-24-17)13-2-3-13)27-7-6-20(21,22)15(11-27)16-9-25-18(28)10-23-16/h4-5,8-10,12-13,15H,2-3,6-7,11H2,1H3,(H,25,28)(H,24,26,29)/t12?,15-/m1/s1. The number of H-pyrrole nitrogens is 1. The molecular formula is C20H23F2N5O2. The molecule has 2 aliphatic rings. The fourth-order valence-corrected chi connectivity index (χ4v) is 3.67. The zero-order chi connectivity index (χ0) is 20.6. The van der Waals surface area contributed by atoms with Gasteiger partial charge in [0.2, 0.25) is 5.91 Å². The van der Waals surface area contributed by atoms with Crippen LogP contribution in [-0.4, -0.2) is 50.8 Å². The largest absolute Gasteiger partial charge is 0.326 e. The van der Waals surface area contributed by atoms with Gasteiger partial charge in [-0.25, -0.2) is 13.8 Å². The zero-order valence-corrected chi connectivity index (χ0v) is 16.1. The number of halogens is 2. The van der Waals surface area contributed by atoms with Crippen LogP contribution >= 0.6 is 0 Å². The van der Waals surface area contributed by atoms with Crippen molar-refractivity contribution in [3.8, 4) is 0 Å². The highest BCUT2D eigenvalue weighted by Crippen LogP contribution is 2.40. The molecule has 0 radical (unpaired) electrons. The Morgan fingerprint density at radius 3 is 2.72 bits per heavy atom. The summed E-state index contributed by atoms with van der Waals surface area (Å²) in [5.74, 6) is -3.42. The van der Waals surface area contributed by atoms with E-state index in [1.165, 1.54) is 24.6 Å². The van der Waals surface area contributed by atoms with E-state index in [1.54, 1.807) is 24.1 Å². The van der Waals surface area contributed by atoms with Gasteiger partial charge in [0.25, 0.3) is 11.5 Å². The number of alkyl halides is 2. The second-order valence-electron chi connectivity index (χ2n) is 7.81. The van der Waals surface area contributed by atoms with Crippen molar-refractivity contribution >= 4 is 11.7 Å². The van der Waals surface area contributed by atoms with Gasteiger partial charge in [-0.05, 0) is 37.3 Å². The van der Waals surface area contributed by atoms with Crippen molar-refractivity contribution in [3.05, 3.63) is 52.3 Å². The first kappa shape index (κ1) is 19.6. The highest BCUT2D eigenvalue weighted by atomic mass is 19.3. The molecule has 7 nitrogen and oxygen atoms in total. The number of hydrogen-bond acceptors (Lipinski definition) is 5. The highest BCUT2D eigenvalue weighted by molar-refractivity contribution is 5.93. The molecule has 9 heteroatoms.